The van der Waals surface area contributed by atoms with E-state index in [1.54, 1.807) is 6.08 Å². The molecule has 0 heterocycles. The lowest BCUT2D eigenvalue weighted by atomic mass is 10.0. The van der Waals surface area contributed by atoms with Crippen LogP contribution in [0.1, 0.15) is 24.8 Å². The molecule has 2 heteroatoms. The van der Waals surface area contributed by atoms with Gasteiger partial charge in [0.05, 0.1) is 0 Å². The first-order chi connectivity index (χ1) is 6.70. The minimum Gasteiger partial charge on any atom is -0.550 e. The van der Waals surface area contributed by atoms with Crippen molar-refractivity contribution in [3.8, 4) is 0 Å². The molecule has 1 rings (SSSR count). The van der Waals surface area contributed by atoms with Crippen LogP contribution >= 0.6 is 0 Å². The lowest BCUT2D eigenvalue weighted by Crippen LogP contribution is -2.20. The second-order valence-corrected chi connectivity index (χ2v) is 3.20. The van der Waals surface area contributed by atoms with Gasteiger partial charge < -0.3 is 9.90 Å². The summed E-state index contributed by atoms with van der Waals surface area (Å²) in [4.78, 5) is 10.2. The van der Waals surface area contributed by atoms with E-state index in [1.165, 1.54) is 5.56 Å². The SMILES string of the molecule is C[C@@H](/C=C/CC(=O)[O-])c1ccccc1. The molecule has 0 N–H and O–H groups in total. The highest BCUT2D eigenvalue weighted by atomic mass is 16.4. The van der Waals surface area contributed by atoms with Crippen LogP contribution in [0.5, 0.6) is 0 Å². The molecule has 0 saturated carbocycles. The number of aliphatic carboxylic acids is 1. The molecule has 0 radical (unpaired) electrons. The van der Waals surface area contributed by atoms with Crippen LogP contribution in [-0.2, 0) is 4.79 Å². The van der Waals surface area contributed by atoms with Crippen molar-refractivity contribution in [3.63, 3.8) is 0 Å². The lowest BCUT2D eigenvalue weighted by molar-refractivity contribution is -0.304. The van der Waals surface area contributed by atoms with Gasteiger partial charge in [0.25, 0.3) is 0 Å². The summed E-state index contributed by atoms with van der Waals surface area (Å²) in [5, 5.41) is 10.2. The van der Waals surface area contributed by atoms with Gasteiger partial charge in [0, 0.05) is 12.4 Å². The quantitative estimate of drug-likeness (QED) is 0.673. The maximum absolute atomic E-state index is 10.2. The largest absolute Gasteiger partial charge is 0.550 e. The van der Waals surface area contributed by atoms with Gasteiger partial charge in [0.15, 0.2) is 0 Å². The molecule has 14 heavy (non-hydrogen) atoms. The Morgan fingerprint density at radius 1 is 1.43 bits per heavy atom. The second-order valence-electron chi connectivity index (χ2n) is 3.20. The topological polar surface area (TPSA) is 40.1 Å². The molecule has 1 atom stereocenters. The molecule has 0 unspecified atom stereocenters. The van der Waals surface area contributed by atoms with Gasteiger partial charge >= 0.3 is 0 Å². The summed E-state index contributed by atoms with van der Waals surface area (Å²) >= 11 is 0. The van der Waals surface area contributed by atoms with Crippen LogP contribution in [0.4, 0.5) is 0 Å². The number of carbonyl (C=O) groups is 1. The molecule has 1 aromatic rings. The highest BCUT2D eigenvalue weighted by Crippen LogP contribution is 2.15. The smallest absolute Gasteiger partial charge is 0.0452 e. The molecule has 0 saturated heterocycles. The van der Waals surface area contributed by atoms with Crippen molar-refractivity contribution in [2.75, 3.05) is 0 Å². The number of carboxylic acids is 1. The normalized spacial score (nSPS) is 12.9. The third-order valence-corrected chi connectivity index (χ3v) is 2.03. The van der Waals surface area contributed by atoms with Crippen LogP contribution in [0.15, 0.2) is 42.5 Å². The third-order valence-electron chi connectivity index (χ3n) is 2.03. The van der Waals surface area contributed by atoms with E-state index >= 15 is 0 Å². The minimum absolute atomic E-state index is 0.0167. The Morgan fingerprint density at radius 2 is 2.07 bits per heavy atom. The van der Waals surface area contributed by atoms with E-state index in [0.29, 0.717) is 0 Å². The maximum atomic E-state index is 10.2. The Balaban J connectivity index is 2.54. The van der Waals surface area contributed by atoms with Crippen LogP contribution in [0.3, 0.4) is 0 Å². The van der Waals surface area contributed by atoms with Crippen molar-refractivity contribution in [1.82, 2.24) is 0 Å². The van der Waals surface area contributed by atoms with E-state index in [9.17, 15) is 9.90 Å². The molecule has 0 fully saturated rings. The van der Waals surface area contributed by atoms with Gasteiger partial charge in [-0.1, -0.05) is 49.4 Å². The fraction of sp³-hybridized carbons (Fsp3) is 0.250. The van der Waals surface area contributed by atoms with Crippen LogP contribution in [0.25, 0.3) is 0 Å². The minimum atomic E-state index is -1.04. The van der Waals surface area contributed by atoms with Crippen LogP contribution in [-0.4, -0.2) is 5.97 Å². The zero-order valence-electron chi connectivity index (χ0n) is 8.14. The van der Waals surface area contributed by atoms with Crippen molar-refractivity contribution in [3.05, 3.63) is 48.0 Å². The van der Waals surface area contributed by atoms with Crippen molar-refractivity contribution in [2.24, 2.45) is 0 Å². The number of benzene rings is 1. The van der Waals surface area contributed by atoms with E-state index in [4.69, 9.17) is 0 Å². The predicted molar refractivity (Wildman–Crippen MR) is 53.6 cm³/mol. The molecule has 0 aliphatic heterocycles. The summed E-state index contributed by atoms with van der Waals surface area (Å²) < 4.78 is 0. The molecule has 0 amide bonds. The highest BCUT2D eigenvalue weighted by Gasteiger charge is 1.98. The maximum Gasteiger partial charge on any atom is 0.0452 e. The van der Waals surface area contributed by atoms with Crippen LogP contribution in [0, 0.1) is 0 Å². The first kappa shape index (κ1) is 10.5. The van der Waals surface area contributed by atoms with E-state index in [-0.39, 0.29) is 12.3 Å². The average Bonchev–Trinajstić information content (AvgIpc) is 2.18. The van der Waals surface area contributed by atoms with Crippen LogP contribution < -0.4 is 5.11 Å². The van der Waals surface area contributed by atoms with E-state index in [1.807, 2.05) is 43.3 Å². The van der Waals surface area contributed by atoms with E-state index in [2.05, 4.69) is 0 Å². The predicted octanol–water partition coefficient (Wildman–Crippen LogP) is 1.49. The molecule has 0 aliphatic rings. The molecule has 2 nitrogen and oxygen atoms in total. The van der Waals surface area contributed by atoms with Crippen molar-refractivity contribution in [2.45, 2.75) is 19.3 Å². The van der Waals surface area contributed by atoms with Crippen molar-refractivity contribution >= 4 is 5.97 Å². The summed E-state index contributed by atoms with van der Waals surface area (Å²) in [5.74, 6) is -0.794. The molecular formula is C12H13O2-. The number of rotatable bonds is 4. The van der Waals surface area contributed by atoms with Gasteiger partial charge in [-0.05, 0) is 11.5 Å². The van der Waals surface area contributed by atoms with E-state index in [0.717, 1.165) is 0 Å². The van der Waals surface area contributed by atoms with Gasteiger partial charge in [-0.25, -0.2) is 0 Å². The van der Waals surface area contributed by atoms with Gasteiger partial charge in [-0.3, -0.25) is 0 Å². The summed E-state index contributed by atoms with van der Waals surface area (Å²) in [5.41, 5.74) is 1.18. The number of carboxylic acid groups (broad SMARTS) is 1. The Hall–Kier alpha value is -1.57. The molecule has 0 aromatic heterocycles. The molecule has 74 valence electrons. The zero-order chi connectivity index (χ0) is 10.4. The van der Waals surface area contributed by atoms with Gasteiger partial charge in [0.2, 0.25) is 0 Å². The Bertz CT molecular complexity index is 314. The van der Waals surface area contributed by atoms with Crippen molar-refractivity contribution in [1.29, 1.82) is 0 Å². The zero-order valence-corrected chi connectivity index (χ0v) is 8.14. The monoisotopic (exact) mass is 189 g/mol. The highest BCUT2D eigenvalue weighted by molar-refractivity contribution is 5.66. The Kier molecular flexibility index (Phi) is 3.92. The number of carbonyl (C=O) groups excluding carboxylic acids is 1. The van der Waals surface area contributed by atoms with Crippen molar-refractivity contribution < 1.29 is 9.90 Å². The Labute approximate surface area is 83.9 Å². The fourth-order valence-corrected chi connectivity index (χ4v) is 1.24. The summed E-state index contributed by atoms with van der Waals surface area (Å²) in [6, 6.07) is 9.94. The summed E-state index contributed by atoms with van der Waals surface area (Å²) in [6.07, 6.45) is 3.50. The average molecular weight is 189 g/mol. The number of hydrogen-bond donors (Lipinski definition) is 0. The first-order valence-corrected chi connectivity index (χ1v) is 4.61. The number of hydrogen-bond acceptors (Lipinski definition) is 2. The molecule has 1 aromatic carbocycles. The number of allylic oxidation sites excluding steroid dienone is 1. The second kappa shape index (κ2) is 5.22. The molecule has 0 bridgehead atoms. The Morgan fingerprint density at radius 3 is 2.64 bits per heavy atom. The molecule has 0 spiro atoms. The lowest BCUT2D eigenvalue weighted by Gasteiger charge is -2.05. The van der Waals surface area contributed by atoms with E-state index < -0.39 is 5.97 Å². The third kappa shape index (κ3) is 3.44. The summed E-state index contributed by atoms with van der Waals surface area (Å²) in [7, 11) is 0. The van der Waals surface area contributed by atoms with Crippen LogP contribution in [0.2, 0.25) is 0 Å². The summed E-state index contributed by atoms with van der Waals surface area (Å²) in [6.45, 7) is 2.03. The first-order valence-electron chi connectivity index (χ1n) is 4.61. The van der Waals surface area contributed by atoms with Gasteiger partial charge in [-0.15, -0.1) is 0 Å². The molecular weight excluding hydrogens is 176 g/mol. The standard InChI is InChI=1S/C12H14O2/c1-10(6-5-9-12(13)14)11-7-3-2-4-8-11/h2-8,10H,9H2,1H3,(H,13,14)/p-1/b6-5+/t10-/m0/s1. The van der Waals surface area contributed by atoms with Gasteiger partial charge in [0.1, 0.15) is 0 Å². The van der Waals surface area contributed by atoms with Gasteiger partial charge in [-0.2, -0.15) is 0 Å². The fourth-order valence-electron chi connectivity index (χ4n) is 1.24. The molecule has 0 aliphatic carbocycles.